The standard InChI is InChI=1S/C9H15N5O/c1-6-12-8(15-14-6)5-11-9(10-2)13-7-3-4-7/h7H,3-5H2,1-2H3,(H2,10,11,13). The third-order valence-electron chi connectivity index (χ3n) is 2.12. The molecule has 6 heteroatoms. The van der Waals surface area contributed by atoms with Gasteiger partial charge in [-0.15, -0.1) is 0 Å². The molecule has 1 saturated carbocycles. The van der Waals surface area contributed by atoms with Crippen molar-refractivity contribution in [3.05, 3.63) is 11.7 Å². The molecule has 0 atom stereocenters. The molecule has 0 unspecified atom stereocenters. The quantitative estimate of drug-likeness (QED) is 0.549. The Morgan fingerprint density at radius 3 is 2.93 bits per heavy atom. The van der Waals surface area contributed by atoms with Crippen LogP contribution < -0.4 is 10.6 Å². The fraction of sp³-hybridized carbons (Fsp3) is 0.667. The van der Waals surface area contributed by atoms with Crippen molar-refractivity contribution in [2.24, 2.45) is 4.99 Å². The molecule has 82 valence electrons. The molecule has 1 heterocycles. The molecule has 1 aliphatic rings. The van der Waals surface area contributed by atoms with E-state index in [9.17, 15) is 0 Å². The minimum atomic E-state index is 0.507. The lowest BCUT2D eigenvalue weighted by Gasteiger charge is -2.08. The highest BCUT2D eigenvalue weighted by molar-refractivity contribution is 5.80. The third-order valence-corrected chi connectivity index (χ3v) is 2.12. The predicted octanol–water partition coefficient (Wildman–Crippen LogP) is 0.205. The van der Waals surface area contributed by atoms with Crippen LogP contribution in [0.3, 0.4) is 0 Å². The van der Waals surface area contributed by atoms with Crippen molar-refractivity contribution >= 4 is 5.96 Å². The zero-order chi connectivity index (χ0) is 10.7. The van der Waals surface area contributed by atoms with Gasteiger partial charge in [0, 0.05) is 13.1 Å². The normalized spacial score (nSPS) is 16.5. The van der Waals surface area contributed by atoms with E-state index in [1.54, 1.807) is 14.0 Å². The predicted molar refractivity (Wildman–Crippen MR) is 55.4 cm³/mol. The van der Waals surface area contributed by atoms with Crippen molar-refractivity contribution in [1.82, 2.24) is 20.8 Å². The maximum absolute atomic E-state index is 4.97. The van der Waals surface area contributed by atoms with Gasteiger partial charge in [0.15, 0.2) is 11.8 Å². The van der Waals surface area contributed by atoms with Crippen LogP contribution in [0.2, 0.25) is 0 Å². The zero-order valence-electron chi connectivity index (χ0n) is 8.95. The first kappa shape index (κ1) is 9.95. The van der Waals surface area contributed by atoms with Gasteiger partial charge in [-0.1, -0.05) is 5.16 Å². The molecule has 0 aromatic carbocycles. The van der Waals surface area contributed by atoms with Gasteiger partial charge in [0.2, 0.25) is 5.89 Å². The number of hydrogen-bond acceptors (Lipinski definition) is 4. The first-order chi connectivity index (χ1) is 7.28. The average molecular weight is 209 g/mol. The first-order valence-electron chi connectivity index (χ1n) is 5.04. The molecular weight excluding hydrogens is 194 g/mol. The fourth-order valence-electron chi connectivity index (χ4n) is 1.19. The van der Waals surface area contributed by atoms with E-state index in [-0.39, 0.29) is 0 Å². The summed E-state index contributed by atoms with van der Waals surface area (Å²) in [6.07, 6.45) is 2.45. The molecule has 0 spiro atoms. The van der Waals surface area contributed by atoms with Gasteiger partial charge in [0.05, 0.1) is 6.54 Å². The topological polar surface area (TPSA) is 75.3 Å². The molecule has 0 saturated heterocycles. The molecule has 0 radical (unpaired) electrons. The fourth-order valence-corrected chi connectivity index (χ4v) is 1.19. The molecule has 1 aromatic rings. The number of nitrogens with one attached hydrogen (secondary N) is 2. The van der Waals surface area contributed by atoms with Gasteiger partial charge in [0.1, 0.15) is 0 Å². The van der Waals surface area contributed by atoms with E-state index in [1.807, 2.05) is 0 Å². The molecule has 2 rings (SSSR count). The number of nitrogens with zero attached hydrogens (tertiary/aromatic N) is 3. The summed E-state index contributed by atoms with van der Waals surface area (Å²) in [5, 5.41) is 10.1. The molecule has 15 heavy (non-hydrogen) atoms. The lowest BCUT2D eigenvalue weighted by molar-refractivity contribution is 0.371. The number of aliphatic imine (C=N–C) groups is 1. The van der Waals surface area contributed by atoms with Gasteiger partial charge in [-0.2, -0.15) is 4.98 Å². The van der Waals surface area contributed by atoms with Crippen molar-refractivity contribution in [3.8, 4) is 0 Å². The second-order valence-corrected chi connectivity index (χ2v) is 3.58. The number of rotatable bonds is 3. The summed E-state index contributed by atoms with van der Waals surface area (Å²) in [5.41, 5.74) is 0. The monoisotopic (exact) mass is 209 g/mol. The second-order valence-electron chi connectivity index (χ2n) is 3.58. The summed E-state index contributed by atoms with van der Waals surface area (Å²) in [4.78, 5) is 8.18. The van der Waals surface area contributed by atoms with E-state index in [0.717, 1.165) is 5.96 Å². The molecule has 1 fully saturated rings. The SMILES string of the molecule is CN=C(NCc1nc(C)no1)NC1CC1. The smallest absolute Gasteiger partial charge is 0.246 e. The highest BCUT2D eigenvalue weighted by Gasteiger charge is 2.22. The average Bonchev–Trinajstić information content (AvgIpc) is 2.95. The maximum Gasteiger partial charge on any atom is 0.246 e. The van der Waals surface area contributed by atoms with Crippen molar-refractivity contribution in [1.29, 1.82) is 0 Å². The Labute approximate surface area is 88.2 Å². The molecule has 1 aromatic heterocycles. The van der Waals surface area contributed by atoms with Crippen LogP contribution in [0.5, 0.6) is 0 Å². The summed E-state index contributed by atoms with van der Waals surface area (Å²) in [6.45, 7) is 2.30. The van der Waals surface area contributed by atoms with E-state index in [0.29, 0.717) is 24.3 Å². The second kappa shape index (κ2) is 4.29. The molecule has 6 nitrogen and oxygen atoms in total. The Kier molecular flexibility index (Phi) is 2.84. The van der Waals surface area contributed by atoms with Crippen molar-refractivity contribution in [3.63, 3.8) is 0 Å². The van der Waals surface area contributed by atoms with Gasteiger partial charge in [-0.05, 0) is 19.8 Å². The Morgan fingerprint density at radius 2 is 2.40 bits per heavy atom. The van der Waals surface area contributed by atoms with E-state index in [1.165, 1.54) is 12.8 Å². The van der Waals surface area contributed by atoms with E-state index < -0.39 is 0 Å². The van der Waals surface area contributed by atoms with Crippen LogP contribution in [0.15, 0.2) is 9.52 Å². The van der Waals surface area contributed by atoms with E-state index in [2.05, 4.69) is 25.8 Å². The van der Waals surface area contributed by atoms with Crippen LogP contribution in [0.25, 0.3) is 0 Å². The zero-order valence-corrected chi connectivity index (χ0v) is 8.95. The molecule has 0 amide bonds. The Bertz CT molecular complexity index is 355. The molecule has 1 aliphatic carbocycles. The minimum absolute atomic E-state index is 0.507. The van der Waals surface area contributed by atoms with Gasteiger partial charge in [0.25, 0.3) is 0 Å². The summed E-state index contributed by atoms with van der Waals surface area (Å²) < 4.78 is 4.97. The van der Waals surface area contributed by atoms with Crippen molar-refractivity contribution < 1.29 is 4.52 Å². The van der Waals surface area contributed by atoms with Crippen molar-refractivity contribution in [2.45, 2.75) is 32.4 Å². The largest absolute Gasteiger partial charge is 0.354 e. The highest BCUT2D eigenvalue weighted by atomic mass is 16.5. The van der Waals surface area contributed by atoms with Gasteiger partial charge in [-0.3, -0.25) is 4.99 Å². The summed E-state index contributed by atoms with van der Waals surface area (Å²) >= 11 is 0. The molecule has 0 bridgehead atoms. The van der Waals surface area contributed by atoms with Crippen LogP contribution in [0.4, 0.5) is 0 Å². The van der Waals surface area contributed by atoms with Crippen LogP contribution in [-0.2, 0) is 6.54 Å². The van der Waals surface area contributed by atoms with Crippen LogP contribution in [0, 0.1) is 6.92 Å². The minimum Gasteiger partial charge on any atom is -0.354 e. The summed E-state index contributed by atoms with van der Waals surface area (Å²) in [7, 11) is 1.75. The first-order valence-corrected chi connectivity index (χ1v) is 5.04. The van der Waals surface area contributed by atoms with Crippen LogP contribution in [0.1, 0.15) is 24.6 Å². The number of hydrogen-bond donors (Lipinski definition) is 2. The molecular formula is C9H15N5O. The Balaban J connectivity index is 1.80. The summed E-state index contributed by atoms with van der Waals surface area (Å²) in [6, 6.07) is 0.584. The summed E-state index contributed by atoms with van der Waals surface area (Å²) in [5.74, 6) is 2.01. The van der Waals surface area contributed by atoms with Gasteiger partial charge in [-0.25, -0.2) is 0 Å². The third kappa shape index (κ3) is 2.93. The number of guanidine groups is 1. The Morgan fingerprint density at radius 1 is 1.60 bits per heavy atom. The van der Waals surface area contributed by atoms with Crippen LogP contribution >= 0.6 is 0 Å². The lowest BCUT2D eigenvalue weighted by Crippen LogP contribution is -2.38. The van der Waals surface area contributed by atoms with Crippen molar-refractivity contribution in [2.75, 3.05) is 7.05 Å². The molecule has 0 aliphatic heterocycles. The van der Waals surface area contributed by atoms with Crippen LogP contribution in [-0.4, -0.2) is 29.2 Å². The van der Waals surface area contributed by atoms with E-state index in [4.69, 9.17) is 4.52 Å². The van der Waals surface area contributed by atoms with Gasteiger partial charge < -0.3 is 15.2 Å². The van der Waals surface area contributed by atoms with E-state index >= 15 is 0 Å². The number of aromatic nitrogens is 2. The number of aryl methyl sites for hydroxylation is 1. The molecule has 2 N–H and O–H groups in total. The van der Waals surface area contributed by atoms with Gasteiger partial charge >= 0.3 is 0 Å². The maximum atomic E-state index is 4.97. The highest BCUT2D eigenvalue weighted by Crippen LogP contribution is 2.18. The Hall–Kier alpha value is -1.59. The lowest BCUT2D eigenvalue weighted by atomic mass is 10.6.